The summed E-state index contributed by atoms with van der Waals surface area (Å²) in [4.78, 5) is 21.6. The summed E-state index contributed by atoms with van der Waals surface area (Å²) < 4.78 is 25.7. The molecule has 0 aliphatic carbocycles. The van der Waals surface area contributed by atoms with Gasteiger partial charge in [0.25, 0.3) is 0 Å². The molecule has 0 bridgehead atoms. The molecule has 21 heavy (non-hydrogen) atoms. The maximum absolute atomic E-state index is 12.4. The van der Waals surface area contributed by atoms with E-state index in [4.69, 9.17) is 10.8 Å². The van der Waals surface area contributed by atoms with Crippen LogP contribution in [0.1, 0.15) is 22.8 Å². The van der Waals surface area contributed by atoms with Crippen molar-refractivity contribution in [2.24, 2.45) is 5.73 Å². The lowest BCUT2D eigenvalue weighted by molar-refractivity contribution is -0.118. The molecule has 1 aromatic rings. The van der Waals surface area contributed by atoms with E-state index in [1.807, 2.05) is 0 Å². The Bertz CT molecular complexity index is 683. The van der Waals surface area contributed by atoms with Crippen molar-refractivity contribution in [3.05, 3.63) is 23.3 Å². The fourth-order valence-corrected chi connectivity index (χ4v) is 3.45. The number of nitrogens with zero attached hydrogens (tertiary/aromatic N) is 1. The zero-order valence-corrected chi connectivity index (χ0v) is 12.3. The molecule has 8 nitrogen and oxygen atoms in total. The number of hydrogen-bond acceptors (Lipinski definition) is 5. The molecule has 1 rings (SSSR count). The summed E-state index contributed by atoms with van der Waals surface area (Å²) >= 11 is 0. The van der Waals surface area contributed by atoms with Crippen molar-refractivity contribution in [2.45, 2.75) is 18.7 Å². The van der Waals surface area contributed by atoms with Crippen LogP contribution in [0.5, 0.6) is 5.75 Å². The standard InChI is InChI=1S/C12H16N2O6S/c1-3-14(6-11(13)16)21(19,20)10-5-8(12(17)18)9(15)4-7(10)2/h4-5,15H,3,6H2,1-2H3,(H2,13,16)(H,17,18). The Kier molecular flexibility index (Phi) is 4.92. The fraction of sp³-hybridized carbons (Fsp3) is 0.333. The molecule has 1 amide bonds. The van der Waals surface area contributed by atoms with Gasteiger partial charge in [-0.3, -0.25) is 4.79 Å². The first-order valence-electron chi connectivity index (χ1n) is 5.96. The molecule has 4 N–H and O–H groups in total. The maximum Gasteiger partial charge on any atom is 0.339 e. The van der Waals surface area contributed by atoms with Gasteiger partial charge in [-0.05, 0) is 24.6 Å². The van der Waals surface area contributed by atoms with Crippen LogP contribution in [0.25, 0.3) is 0 Å². The molecule has 9 heteroatoms. The van der Waals surface area contributed by atoms with Crippen LogP contribution in [0.4, 0.5) is 0 Å². The van der Waals surface area contributed by atoms with Crippen LogP contribution < -0.4 is 5.73 Å². The van der Waals surface area contributed by atoms with Crippen LogP contribution in [-0.2, 0) is 14.8 Å². The van der Waals surface area contributed by atoms with Crippen LogP contribution in [0, 0.1) is 6.92 Å². The van der Waals surface area contributed by atoms with E-state index in [0.717, 1.165) is 16.4 Å². The van der Waals surface area contributed by atoms with Gasteiger partial charge in [-0.1, -0.05) is 6.92 Å². The minimum absolute atomic E-state index is 0.00596. The number of aromatic hydroxyl groups is 1. The number of carbonyl (C=O) groups excluding carboxylic acids is 1. The highest BCUT2D eigenvalue weighted by Crippen LogP contribution is 2.27. The number of phenols is 1. The number of aromatic carboxylic acids is 1. The van der Waals surface area contributed by atoms with E-state index in [1.54, 1.807) is 0 Å². The zero-order chi connectivity index (χ0) is 16.4. The molecule has 0 unspecified atom stereocenters. The van der Waals surface area contributed by atoms with Crippen molar-refractivity contribution in [3.63, 3.8) is 0 Å². The van der Waals surface area contributed by atoms with Gasteiger partial charge in [-0.15, -0.1) is 0 Å². The Morgan fingerprint density at radius 2 is 1.90 bits per heavy atom. The summed E-state index contributed by atoms with van der Waals surface area (Å²) in [5.41, 5.74) is 4.64. The van der Waals surface area contributed by atoms with Gasteiger partial charge in [-0.2, -0.15) is 4.31 Å². The number of aryl methyl sites for hydroxylation is 1. The fourth-order valence-electron chi connectivity index (χ4n) is 1.80. The third-order valence-corrected chi connectivity index (χ3v) is 4.89. The summed E-state index contributed by atoms with van der Waals surface area (Å²) in [7, 11) is -4.09. The van der Waals surface area contributed by atoms with Gasteiger partial charge in [0.1, 0.15) is 11.3 Å². The SMILES string of the molecule is CCN(CC(N)=O)S(=O)(=O)c1cc(C(=O)O)c(O)cc1C. The molecule has 0 aliphatic heterocycles. The van der Waals surface area contributed by atoms with Gasteiger partial charge >= 0.3 is 5.97 Å². The van der Waals surface area contributed by atoms with Crippen molar-refractivity contribution in [3.8, 4) is 5.75 Å². The number of amides is 1. The van der Waals surface area contributed by atoms with Crippen LogP contribution in [-0.4, -0.2) is 47.9 Å². The minimum atomic E-state index is -4.09. The second-order valence-electron chi connectivity index (χ2n) is 4.34. The average Bonchev–Trinajstić information content (AvgIpc) is 2.34. The lowest BCUT2D eigenvalue weighted by Crippen LogP contribution is -2.38. The van der Waals surface area contributed by atoms with Crippen molar-refractivity contribution < 1.29 is 28.2 Å². The summed E-state index contributed by atoms with van der Waals surface area (Å²) in [6, 6.07) is 1.92. The van der Waals surface area contributed by atoms with Crippen LogP contribution in [0.15, 0.2) is 17.0 Å². The van der Waals surface area contributed by atoms with Crippen molar-refractivity contribution in [2.75, 3.05) is 13.1 Å². The second-order valence-corrected chi connectivity index (χ2v) is 6.24. The molecule has 0 fully saturated rings. The van der Waals surface area contributed by atoms with E-state index in [1.165, 1.54) is 13.8 Å². The third kappa shape index (κ3) is 3.50. The summed E-state index contributed by atoms with van der Waals surface area (Å²) in [6.45, 7) is 2.42. The number of primary amides is 1. The van der Waals surface area contributed by atoms with Crippen molar-refractivity contribution >= 4 is 21.9 Å². The smallest absolute Gasteiger partial charge is 0.339 e. The molecule has 1 aromatic carbocycles. The number of rotatable bonds is 6. The predicted octanol–water partition coefficient (Wildman–Crippen LogP) is -0.105. The minimum Gasteiger partial charge on any atom is -0.507 e. The highest BCUT2D eigenvalue weighted by Gasteiger charge is 2.28. The van der Waals surface area contributed by atoms with Crippen LogP contribution in [0.3, 0.4) is 0 Å². The summed E-state index contributed by atoms with van der Waals surface area (Å²) in [5.74, 6) is -2.81. The molecule has 0 heterocycles. The molecule has 0 saturated heterocycles. The number of likely N-dealkylation sites (N-methyl/N-ethyl adjacent to an activating group) is 1. The molecule has 0 atom stereocenters. The highest BCUT2D eigenvalue weighted by atomic mass is 32.2. The molecule has 0 aromatic heterocycles. The quantitative estimate of drug-likeness (QED) is 0.669. The first kappa shape index (κ1) is 16.9. The molecule has 0 aliphatic rings. The van der Waals surface area contributed by atoms with E-state index in [2.05, 4.69) is 0 Å². The van der Waals surface area contributed by atoms with E-state index in [0.29, 0.717) is 0 Å². The number of hydrogen-bond donors (Lipinski definition) is 3. The van der Waals surface area contributed by atoms with Gasteiger partial charge in [0.05, 0.1) is 11.4 Å². The van der Waals surface area contributed by atoms with Crippen molar-refractivity contribution in [1.29, 1.82) is 0 Å². The van der Waals surface area contributed by atoms with Gasteiger partial charge in [0, 0.05) is 6.54 Å². The Hall–Kier alpha value is -2.13. The Labute approximate surface area is 121 Å². The monoisotopic (exact) mass is 316 g/mol. The number of carboxylic acid groups (broad SMARTS) is 1. The lowest BCUT2D eigenvalue weighted by atomic mass is 10.1. The normalized spacial score (nSPS) is 11.6. The third-order valence-electron chi connectivity index (χ3n) is 2.83. The topological polar surface area (TPSA) is 138 Å². The largest absolute Gasteiger partial charge is 0.507 e. The van der Waals surface area contributed by atoms with E-state index in [9.17, 15) is 23.1 Å². The number of benzene rings is 1. The molecular formula is C12H16N2O6S. The van der Waals surface area contributed by atoms with E-state index in [-0.39, 0.29) is 17.0 Å². The number of sulfonamides is 1. The Morgan fingerprint density at radius 3 is 2.33 bits per heavy atom. The van der Waals surface area contributed by atoms with Gasteiger partial charge in [-0.25, -0.2) is 13.2 Å². The first-order chi connectivity index (χ1) is 9.61. The number of carbonyl (C=O) groups is 2. The first-order valence-corrected chi connectivity index (χ1v) is 7.40. The van der Waals surface area contributed by atoms with Crippen LogP contribution in [0.2, 0.25) is 0 Å². The Morgan fingerprint density at radius 1 is 1.33 bits per heavy atom. The molecule has 0 spiro atoms. The highest BCUT2D eigenvalue weighted by molar-refractivity contribution is 7.89. The number of nitrogens with two attached hydrogens (primary N) is 1. The number of carboxylic acids is 1. The van der Waals surface area contributed by atoms with Crippen LogP contribution >= 0.6 is 0 Å². The maximum atomic E-state index is 12.4. The Balaban J connectivity index is 3.46. The summed E-state index contributed by atoms with van der Waals surface area (Å²) in [5, 5.41) is 18.5. The van der Waals surface area contributed by atoms with Gasteiger partial charge < -0.3 is 15.9 Å². The van der Waals surface area contributed by atoms with Crippen molar-refractivity contribution in [1.82, 2.24) is 4.31 Å². The second kappa shape index (κ2) is 6.10. The molecule has 0 radical (unpaired) electrons. The van der Waals surface area contributed by atoms with E-state index >= 15 is 0 Å². The molecular weight excluding hydrogens is 300 g/mol. The average molecular weight is 316 g/mol. The lowest BCUT2D eigenvalue weighted by Gasteiger charge is -2.20. The molecule has 116 valence electrons. The van der Waals surface area contributed by atoms with E-state index < -0.39 is 39.8 Å². The zero-order valence-electron chi connectivity index (χ0n) is 11.5. The van der Waals surface area contributed by atoms with Gasteiger partial charge in [0.2, 0.25) is 15.9 Å². The molecule has 0 saturated carbocycles. The summed E-state index contributed by atoms with van der Waals surface area (Å²) in [6.07, 6.45) is 0. The predicted molar refractivity (Wildman–Crippen MR) is 73.4 cm³/mol. The van der Waals surface area contributed by atoms with Gasteiger partial charge in [0.15, 0.2) is 0 Å².